The molecule has 78 valence electrons. The quantitative estimate of drug-likeness (QED) is 0.575. The average molecular weight is 224 g/mol. The van der Waals surface area contributed by atoms with E-state index < -0.39 is 16.7 Å². The first-order valence-corrected chi connectivity index (χ1v) is 4.86. The molecule has 0 aliphatic rings. The third-order valence-electron chi connectivity index (χ3n) is 1.23. The number of alkyl halides is 2. The van der Waals surface area contributed by atoms with E-state index in [0.717, 1.165) is 0 Å². The molecular formula is C7H6F2O4S. The molecule has 0 radical (unpaired) electrons. The summed E-state index contributed by atoms with van der Waals surface area (Å²) in [5.74, 6) is 0. The van der Waals surface area contributed by atoms with Crippen LogP contribution in [0.4, 0.5) is 8.78 Å². The maximum Gasteiger partial charge on any atom is 0.372 e. The summed E-state index contributed by atoms with van der Waals surface area (Å²) in [6.45, 7) is -3.30. The Kier molecular flexibility index (Phi) is 3.50. The molecule has 1 aromatic rings. The van der Waals surface area contributed by atoms with Gasteiger partial charge >= 0.3 is 16.7 Å². The van der Waals surface area contributed by atoms with Crippen molar-refractivity contribution < 1.29 is 26.4 Å². The third kappa shape index (κ3) is 3.02. The normalized spacial score (nSPS) is 11.9. The predicted molar refractivity (Wildman–Crippen MR) is 41.8 cm³/mol. The summed E-state index contributed by atoms with van der Waals surface area (Å²) in [6.07, 6.45) is 0. The summed E-state index contributed by atoms with van der Waals surface area (Å²) in [7, 11) is -4.26. The van der Waals surface area contributed by atoms with Gasteiger partial charge in [-0.2, -0.15) is 17.2 Å². The second kappa shape index (κ2) is 4.45. The van der Waals surface area contributed by atoms with Gasteiger partial charge in [0.05, 0.1) is 4.90 Å². The van der Waals surface area contributed by atoms with Crippen molar-refractivity contribution >= 4 is 10.1 Å². The predicted octanol–water partition coefficient (Wildman–Crippen LogP) is 1.55. The van der Waals surface area contributed by atoms with Gasteiger partial charge in [-0.1, -0.05) is 22.5 Å². The lowest BCUT2D eigenvalue weighted by Crippen LogP contribution is -2.09. The van der Waals surface area contributed by atoms with E-state index in [1.165, 1.54) is 24.3 Å². The largest absolute Gasteiger partial charge is 0.372 e. The van der Waals surface area contributed by atoms with Crippen molar-refractivity contribution in [1.29, 1.82) is 0 Å². The van der Waals surface area contributed by atoms with Crippen molar-refractivity contribution in [2.45, 2.75) is 11.5 Å². The van der Waals surface area contributed by atoms with E-state index in [-0.39, 0.29) is 4.90 Å². The Bertz CT molecular complexity index is 376. The van der Waals surface area contributed by atoms with Gasteiger partial charge in [0.25, 0.3) is 0 Å². The van der Waals surface area contributed by atoms with Crippen molar-refractivity contribution in [2.75, 3.05) is 0 Å². The first-order valence-electron chi connectivity index (χ1n) is 3.45. The molecule has 0 aromatic heterocycles. The summed E-state index contributed by atoms with van der Waals surface area (Å²) in [6, 6.07) is 6.83. The van der Waals surface area contributed by atoms with Crippen LogP contribution in [0.25, 0.3) is 0 Å². The highest BCUT2D eigenvalue weighted by Crippen LogP contribution is 2.12. The van der Waals surface area contributed by atoms with Gasteiger partial charge in [0.1, 0.15) is 0 Å². The summed E-state index contributed by atoms with van der Waals surface area (Å²) >= 11 is 0. The van der Waals surface area contributed by atoms with Gasteiger partial charge in [-0.15, -0.1) is 4.89 Å². The minimum Gasteiger partial charge on any atom is -0.192 e. The van der Waals surface area contributed by atoms with E-state index in [1.54, 1.807) is 6.07 Å². The molecule has 0 heterocycles. The molecule has 0 spiro atoms. The first-order chi connectivity index (χ1) is 6.52. The standard InChI is InChI=1S/C7H6F2O4S/c8-7(9)12-13-14(10,11)6-4-2-1-3-5-6/h1-5,7H. The van der Waals surface area contributed by atoms with Crippen LogP contribution in [0.15, 0.2) is 35.2 Å². The molecule has 1 aromatic carbocycles. The Morgan fingerprint density at radius 1 is 1.14 bits per heavy atom. The average Bonchev–Trinajstić information content (AvgIpc) is 2.16. The number of rotatable bonds is 4. The molecule has 0 aliphatic carbocycles. The Labute approximate surface area is 79.1 Å². The Morgan fingerprint density at radius 2 is 1.71 bits per heavy atom. The maximum atomic E-state index is 11.5. The van der Waals surface area contributed by atoms with Crippen LogP contribution in [0, 0.1) is 0 Å². The van der Waals surface area contributed by atoms with E-state index in [2.05, 4.69) is 9.22 Å². The van der Waals surface area contributed by atoms with Crippen molar-refractivity contribution in [1.82, 2.24) is 0 Å². The second-order valence-corrected chi connectivity index (χ2v) is 3.71. The lowest BCUT2D eigenvalue weighted by Gasteiger charge is -2.02. The van der Waals surface area contributed by atoms with Crippen molar-refractivity contribution in [3.05, 3.63) is 30.3 Å². The Hall–Kier alpha value is -1.05. The van der Waals surface area contributed by atoms with Gasteiger partial charge in [-0.05, 0) is 12.1 Å². The fourth-order valence-electron chi connectivity index (χ4n) is 0.708. The minimum absolute atomic E-state index is 0.249. The summed E-state index contributed by atoms with van der Waals surface area (Å²) in [4.78, 5) is 2.99. The molecule has 1 rings (SSSR count). The highest BCUT2D eigenvalue weighted by atomic mass is 32.2. The number of halogens is 2. The summed E-state index contributed by atoms with van der Waals surface area (Å²) in [5, 5.41) is 0. The smallest absolute Gasteiger partial charge is 0.192 e. The molecule has 0 saturated carbocycles. The minimum atomic E-state index is -4.26. The Balaban J connectivity index is 2.77. The van der Waals surface area contributed by atoms with Gasteiger partial charge in [0, 0.05) is 0 Å². The van der Waals surface area contributed by atoms with E-state index in [1.807, 2.05) is 0 Å². The number of hydrogen-bond acceptors (Lipinski definition) is 4. The van der Waals surface area contributed by atoms with Gasteiger partial charge < -0.3 is 0 Å². The molecule has 0 aliphatic heterocycles. The van der Waals surface area contributed by atoms with Crippen molar-refractivity contribution in [3.63, 3.8) is 0 Å². The highest BCUT2D eigenvalue weighted by molar-refractivity contribution is 7.86. The molecule has 0 fully saturated rings. The van der Waals surface area contributed by atoms with Gasteiger partial charge in [-0.3, -0.25) is 0 Å². The van der Waals surface area contributed by atoms with Crippen LogP contribution in [0.5, 0.6) is 0 Å². The molecule has 0 saturated heterocycles. The first kappa shape index (κ1) is 11.0. The van der Waals surface area contributed by atoms with Crippen molar-refractivity contribution in [3.8, 4) is 0 Å². The lowest BCUT2D eigenvalue weighted by atomic mass is 10.4. The Morgan fingerprint density at radius 3 is 2.21 bits per heavy atom. The SMILES string of the molecule is O=S(=O)(OOC(F)F)c1ccccc1. The maximum absolute atomic E-state index is 11.5. The van der Waals surface area contributed by atoms with E-state index in [9.17, 15) is 17.2 Å². The molecule has 0 unspecified atom stereocenters. The molecule has 0 amide bonds. The van der Waals surface area contributed by atoms with Gasteiger partial charge in [-0.25, -0.2) is 0 Å². The zero-order valence-electron chi connectivity index (χ0n) is 6.76. The van der Waals surface area contributed by atoms with Crippen molar-refractivity contribution in [2.24, 2.45) is 0 Å². The van der Waals surface area contributed by atoms with Crippen LogP contribution in [0.3, 0.4) is 0 Å². The lowest BCUT2D eigenvalue weighted by molar-refractivity contribution is -0.320. The highest BCUT2D eigenvalue weighted by Gasteiger charge is 2.18. The fourth-order valence-corrected chi connectivity index (χ4v) is 1.44. The summed E-state index contributed by atoms with van der Waals surface area (Å²) in [5.41, 5.74) is 0. The molecule has 0 N–H and O–H groups in total. The second-order valence-electron chi connectivity index (χ2n) is 2.19. The number of benzene rings is 1. The molecule has 0 atom stereocenters. The zero-order chi connectivity index (χ0) is 10.6. The van der Waals surface area contributed by atoms with Crippen LogP contribution in [-0.4, -0.2) is 15.0 Å². The molecule has 14 heavy (non-hydrogen) atoms. The zero-order valence-corrected chi connectivity index (χ0v) is 7.58. The van der Waals surface area contributed by atoms with Crippen LogP contribution in [0.1, 0.15) is 0 Å². The van der Waals surface area contributed by atoms with Gasteiger partial charge in [0.15, 0.2) is 0 Å². The van der Waals surface area contributed by atoms with Crippen LogP contribution < -0.4 is 0 Å². The van der Waals surface area contributed by atoms with Crippen LogP contribution in [-0.2, 0) is 19.3 Å². The molecule has 0 bridgehead atoms. The van der Waals surface area contributed by atoms with Gasteiger partial charge in [0.2, 0.25) is 0 Å². The molecular weight excluding hydrogens is 218 g/mol. The monoisotopic (exact) mass is 224 g/mol. The van der Waals surface area contributed by atoms with E-state index in [0.29, 0.717) is 0 Å². The van der Waals surface area contributed by atoms with E-state index >= 15 is 0 Å². The van der Waals surface area contributed by atoms with Crippen LogP contribution >= 0.6 is 0 Å². The number of hydrogen-bond donors (Lipinski definition) is 0. The van der Waals surface area contributed by atoms with Crippen LogP contribution in [0.2, 0.25) is 0 Å². The fraction of sp³-hybridized carbons (Fsp3) is 0.143. The summed E-state index contributed by atoms with van der Waals surface area (Å²) < 4.78 is 48.6. The van der Waals surface area contributed by atoms with E-state index in [4.69, 9.17) is 0 Å². The molecule has 7 heteroatoms. The third-order valence-corrected chi connectivity index (χ3v) is 2.34. The topological polar surface area (TPSA) is 52.6 Å². The molecule has 4 nitrogen and oxygen atoms in total.